The lowest BCUT2D eigenvalue weighted by molar-refractivity contribution is -0.132. The number of benzene rings is 1. The molecule has 0 bridgehead atoms. The van der Waals surface area contributed by atoms with Crippen LogP contribution in [0.25, 0.3) is 0 Å². The lowest BCUT2D eigenvalue weighted by atomic mass is 9.98. The van der Waals surface area contributed by atoms with Crippen LogP contribution in [0.4, 0.5) is 0 Å². The summed E-state index contributed by atoms with van der Waals surface area (Å²) in [6.45, 7) is 5.81. The highest BCUT2D eigenvalue weighted by Gasteiger charge is 2.24. The quantitative estimate of drug-likeness (QED) is 0.896. The van der Waals surface area contributed by atoms with Crippen LogP contribution in [0.3, 0.4) is 0 Å². The molecule has 0 unspecified atom stereocenters. The van der Waals surface area contributed by atoms with Crippen LogP contribution in [0.1, 0.15) is 38.2 Å². The zero-order chi connectivity index (χ0) is 14.5. The van der Waals surface area contributed by atoms with Crippen molar-refractivity contribution in [3.8, 4) is 5.75 Å². The molecule has 0 aromatic heterocycles. The van der Waals surface area contributed by atoms with Gasteiger partial charge in [0.25, 0.3) is 5.91 Å². The second-order valence-corrected chi connectivity index (χ2v) is 5.52. The van der Waals surface area contributed by atoms with Gasteiger partial charge in [-0.1, -0.05) is 32.0 Å². The highest BCUT2D eigenvalue weighted by atomic mass is 16.5. The third kappa shape index (κ3) is 3.51. The van der Waals surface area contributed by atoms with Crippen molar-refractivity contribution in [3.05, 3.63) is 29.8 Å². The maximum atomic E-state index is 12.1. The SMILES string of the molecule is CC[C@@H](C)c1ccccc1OCC(=O)N1CC[C@@H](N)C1. The Morgan fingerprint density at radius 3 is 2.90 bits per heavy atom. The van der Waals surface area contributed by atoms with Crippen molar-refractivity contribution in [1.29, 1.82) is 0 Å². The topological polar surface area (TPSA) is 55.6 Å². The average Bonchev–Trinajstić information content (AvgIpc) is 2.91. The van der Waals surface area contributed by atoms with Crippen LogP contribution in [0, 0.1) is 0 Å². The number of rotatable bonds is 5. The van der Waals surface area contributed by atoms with E-state index in [0.29, 0.717) is 12.5 Å². The summed E-state index contributed by atoms with van der Waals surface area (Å²) in [7, 11) is 0. The van der Waals surface area contributed by atoms with Gasteiger partial charge in [0.2, 0.25) is 0 Å². The number of nitrogens with zero attached hydrogens (tertiary/aromatic N) is 1. The fourth-order valence-corrected chi connectivity index (χ4v) is 2.48. The van der Waals surface area contributed by atoms with E-state index in [2.05, 4.69) is 19.9 Å². The summed E-state index contributed by atoms with van der Waals surface area (Å²) in [5, 5.41) is 0. The number of amides is 1. The number of hydrogen-bond donors (Lipinski definition) is 1. The third-order valence-electron chi connectivity index (χ3n) is 3.99. The molecule has 1 heterocycles. The fourth-order valence-electron chi connectivity index (χ4n) is 2.48. The molecule has 0 aliphatic carbocycles. The monoisotopic (exact) mass is 276 g/mol. The molecular formula is C16H24N2O2. The van der Waals surface area contributed by atoms with Crippen LogP contribution in [0.2, 0.25) is 0 Å². The molecule has 0 radical (unpaired) electrons. The summed E-state index contributed by atoms with van der Waals surface area (Å²) in [4.78, 5) is 13.8. The molecule has 1 aromatic carbocycles. The summed E-state index contributed by atoms with van der Waals surface area (Å²) >= 11 is 0. The number of carbonyl (C=O) groups is 1. The van der Waals surface area contributed by atoms with Crippen LogP contribution < -0.4 is 10.5 Å². The summed E-state index contributed by atoms with van der Waals surface area (Å²) in [5.74, 6) is 1.28. The van der Waals surface area contributed by atoms with E-state index in [1.165, 1.54) is 5.56 Å². The van der Waals surface area contributed by atoms with Gasteiger partial charge in [0, 0.05) is 19.1 Å². The third-order valence-corrected chi connectivity index (χ3v) is 3.99. The van der Waals surface area contributed by atoms with Crippen molar-refractivity contribution in [3.63, 3.8) is 0 Å². The Bertz CT molecular complexity index is 462. The van der Waals surface area contributed by atoms with Crippen molar-refractivity contribution in [2.45, 2.75) is 38.6 Å². The van der Waals surface area contributed by atoms with Crippen molar-refractivity contribution < 1.29 is 9.53 Å². The number of ether oxygens (including phenoxy) is 1. The van der Waals surface area contributed by atoms with Crippen LogP contribution in [0.5, 0.6) is 5.75 Å². The highest BCUT2D eigenvalue weighted by molar-refractivity contribution is 5.78. The zero-order valence-corrected chi connectivity index (χ0v) is 12.3. The molecular weight excluding hydrogens is 252 g/mol. The van der Waals surface area contributed by atoms with Gasteiger partial charge in [-0.15, -0.1) is 0 Å². The Morgan fingerprint density at radius 1 is 1.50 bits per heavy atom. The fraction of sp³-hybridized carbons (Fsp3) is 0.562. The molecule has 2 N–H and O–H groups in total. The normalized spacial score (nSPS) is 19.9. The molecule has 1 aliphatic heterocycles. The van der Waals surface area contributed by atoms with Gasteiger partial charge in [-0.3, -0.25) is 4.79 Å². The van der Waals surface area contributed by atoms with Gasteiger partial charge >= 0.3 is 0 Å². The van der Waals surface area contributed by atoms with Crippen molar-refractivity contribution in [1.82, 2.24) is 4.90 Å². The van der Waals surface area contributed by atoms with Crippen LogP contribution in [-0.4, -0.2) is 36.5 Å². The van der Waals surface area contributed by atoms with E-state index in [1.807, 2.05) is 18.2 Å². The van der Waals surface area contributed by atoms with Crippen molar-refractivity contribution >= 4 is 5.91 Å². The minimum Gasteiger partial charge on any atom is -0.483 e. The Kier molecular flexibility index (Phi) is 5.01. The summed E-state index contributed by atoms with van der Waals surface area (Å²) in [5.41, 5.74) is 6.98. The Morgan fingerprint density at radius 2 is 2.25 bits per heavy atom. The second-order valence-electron chi connectivity index (χ2n) is 5.52. The molecule has 1 aliphatic rings. The van der Waals surface area contributed by atoms with Gasteiger partial charge < -0.3 is 15.4 Å². The van der Waals surface area contributed by atoms with Crippen molar-refractivity contribution in [2.75, 3.05) is 19.7 Å². The predicted octanol–water partition coefficient (Wildman–Crippen LogP) is 2.14. The van der Waals surface area contributed by atoms with Crippen LogP contribution in [0.15, 0.2) is 24.3 Å². The van der Waals surface area contributed by atoms with Gasteiger partial charge in [0.15, 0.2) is 6.61 Å². The minimum atomic E-state index is 0.0249. The summed E-state index contributed by atoms with van der Waals surface area (Å²) in [6, 6.07) is 8.07. The molecule has 2 rings (SSSR count). The second kappa shape index (κ2) is 6.75. The lowest BCUT2D eigenvalue weighted by Crippen LogP contribution is -2.35. The zero-order valence-electron chi connectivity index (χ0n) is 12.3. The van der Waals surface area contributed by atoms with E-state index in [0.717, 1.165) is 25.1 Å². The number of para-hydroxylation sites is 1. The van der Waals surface area contributed by atoms with Crippen molar-refractivity contribution in [2.24, 2.45) is 5.73 Å². The van der Waals surface area contributed by atoms with E-state index >= 15 is 0 Å². The molecule has 0 spiro atoms. The Hall–Kier alpha value is -1.55. The molecule has 0 saturated carbocycles. The maximum Gasteiger partial charge on any atom is 0.260 e. The first-order valence-corrected chi connectivity index (χ1v) is 7.37. The summed E-state index contributed by atoms with van der Waals surface area (Å²) < 4.78 is 5.74. The molecule has 20 heavy (non-hydrogen) atoms. The number of carbonyl (C=O) groups excluding carboxylic acids is 1. The van der Waals surface area contributed by atoms with Gasteiger partial charge in [-0.05, 0) is 30.4 Å². The number of likely N-dealkylation sites (tertiary alicyclic amines) is 1. The molecule has 2 atom stereocenters. The van der Waals surface area contributed by atoms with Gasteiger partial charge in [-0.25, -0.2) is 0 Å². The van der Waals surface area contributed by atoms with E-state index in [-0.39, 0.29) is 18.6 Å². The number of nitrogens with two attached hydrogens (primary N) is 1. The predicted molar refractivity (Wildman–Crippen MR) is 79.8 cm³/mol. The molecule has 1 fully saturated rings. The lowest BCUT2D eigenvalue weighted by Gasteiger charge is -2.18. The largest absolute Gasteiger partial charge is 0.483 e. The first-order chi connectivity index (χ1) is 9.61. The van der Waals surface area contributed by atoms with Gasteiger partial charge in [-0.2, -0.15) is 0 Å². The standard InChI is InChI=1S/C16H24N2O2/c1-3-12(2)14-6-4-5-7-15(14)20-11-16(19)18-9-8-13(17)10-18/h4-7,12-13H,3,8-11,17H2,1-2H3/t12-,13-/m1/s1. The number of hydrogen-bond acceptors (Lipinski definition) is 3. The summed E-state index contributed by atoms with van der Waals surface area (Å²) in [6.07, 6.45) is 1.94. The van der Waals surface area contributed by atoms with E-state index < -0.39 is 0 Å². The molecule has 1 amide bonds. The van der Waals surface area contributed by atoms with E-state index in [1.54, 1.807) is 4.90 Å². The van der Waals surface area contributed by atoms with E-state index in [9.17, 15) is 4.79 Å². The molecule has 4 nitrogen and oxygen atoms in total. The molecule has 4 heteroatoms. The maximum absolute atomic E-state index is 12.1. The van der Waals surface area contributed by atoms with Crippen LogP contribution >= 0.6 is 0 Å². The highest BCUT2D eigenvalue weighted by Crippen LogP contribution is 2.28. The van der Waals surface area contributed by atoms with Crippen LogP contribution in [-0.2, 0) is 4.79 Å². The first kappa shape index (κ1) is 14.9. The molecule has 110 valence electrons. The average molecular weight is 276 g/mol. The van der Waals surface area contributed by atoms with E-state index in [4.69, 9.17) is 10.5 Å². The smallest absolute Gasteiger partial charge is 0.260 e. The molecule has 1 aromatic rings. The Balaban J connectivity index is 1.95. The minimum absolute atomic E-state index is 0.0249. The molecule has 1 saturated heterocycles. The Labute approximate surface area is 120 Å². The van der Waals surface area contributed by atoms with Gasteiger partial charge in [0.1, 0.15) is 5.75 Å². The van der Waals surface area contributed by atoms with Gasteiger partial charge in [0.05, 0.1) is 0 Å². The first-order valence-electron chi connectivity index (χ1n) is 7.37.